The van der Waals surface area contributed by atoms with Crippen molar-refractivity contribution in [3.8, 4) is 5.75 Å². The molecule has 1 atom stereocenters. The van der Waals surface area contributed by atoms with Crippen LogP contribution < -0.4 is 5.32 Å². The van der Waals surface area contributed by atoms with Crippen molar-refractivity contribution in [3.63, 3.8) is 0 Å². The van der Waals surface area contributed by atoms with Crippen LogP contribution in [0.1, 0.15) is 30.9 Å². The van der Waals surface area contributed by atoms with Gasteiger partial charge in [0.15, 0.2) is 0 Å². The largest absolute Gasteiger partial charge is 0.508 e. The van der Waals surface area contributed by atoms with Gasteiger partial charge in [0.05, 0.1) is 5.60 Å². The molecule has 1 aromatic rings. The van der Waals surface area contributed by atoms with Crippen LogP contribution in [0.4, 0.5) is 0 Å². The van der Waals surface area contributed by atoms with Crippen LogP contribution in [0.25, 0.3) is 0 Å². The van der Waals surface area contributed by atoms with Gasteiger partial charge in [0.25, 0.3) is 0 Å². The van der Waals surface area contributed by atoms with E-state index in [1.807, 2.05) is 19.1 Å². The van der Waals surface area contributed by atoms with E-state index in [0.29, 0.717) is 12.3 Å². The van der Waals surface area contributed by atoms with Crippen LogP contribution in [0, 0.1) is 6.92 Å². The van der Waals surface area contributed by atoms with E-state index >= 15 is 0 Å². The SMILES string of the molecule is Cc1ccc(O)c(CNCC2(C)CCCO2)c1. The van der Waals surface area contributed by atoms with Crippen LogP contribution in [-0.4, -0.2) is 23.9 Å². The summed E-state index contributed by atoms with van der Waals surface area (Å²) in [7, 11) is 0. The molecule has 0 saturated carbocycles. The van der Waals surface area contributed by atoms with Crippen molar-refractivity contribution < 1.29 is 9.84 Å². The number of hydrogen-bond acceptors (Lipinski definition) is 3. The molecule has 1 fully saturated rings. The molecule has 0 spiro atoms. The molecular weight excluding hydrogens is 214 g/mol. The van der Waals surface area contributed by atoms with Crippen molar-refractivity contribution in [2.24, 2.45) is 0 Å². The number of nitrogens with one attached hydrogen (secondary N) is 1. The summed E-state index contributed by atoms with van der Waals surface area (Å²) in [6.45, 7) is 6.56. The maximum Gasteiger partial charge on any atom is 0.120 e. The minimum Gasteiger partial charge on any atom is -0.508 e. The summed E-state index contributed by atoms with van der Waals surface area (Å²) < 4.78 is 5.71. The normalized spacial score (nSPS) is 24.1. The van der Waals surface area contributed by atoms with Crippen molar-refractivity contribution in [3.05, 3.63) is 29.3 Å². The number of aryl methyl sites for hydroxylation is 1. The average molecular weight is 235 g/mol. The fraction of sp³-hybridized carbons (Fsp3) is 0.571. The maximum atomic E-state index is 9.72. The van der Waals surface area contributed by atoms with E-state index in [4.69, 9.17) is 4.74 Å². The van der Waals surface area contributed by atoms with Gasteiger partial charge in [-0.2, -0.15) is 0 Å². The zero-order chi connectivity index (χ0) is 12.3. The number of phenols is 1. The van der Waals surface area contributed by atoms with E-state index in [1.165, 1.54) is 5.56 Å². The van der Waals surface area contributed by atoms with Gasteiger partial charge in [0, 0.05) is 25.3 Å². The third-order valence-corrected chi connectivity index (χ3v) is 3.35. The Balaban J connectivity index is 1.87. The average Bonchev–Trinajstić information content (AvgIpc) is 2.71. The molecule has 1 aromatic carbocycles. The van der Waals surface area contributed by atoms with Crippen molar-refractivity contribution in [1.82, 2.24) is 5.32 Å². The Labute approximate surface area is 103 Å². The lowest BCUT2D eigenvalue weighted by atomic mass is 10.0. The summed E-state index contributed by atoms with van der Waals surface area (Å²) in [5, 5.41) is 13.1. The van der Waals surface area contributed by atoms with Gasteiger partial charge in [-0.05, 0) is 32.8 Å². The molecule has 3 heteroatoms. The first-order valence-corrected chi connectivity index (χ1v) is 6.22. The standard InChI is InChI=1S/C14H21NO2/c1-11-4-5-13(16)12(8-11)9-15-10-14(2)6-3-7-17-14/h4-5,8,15-16H,3,6-7,9-10H2,1-2H3. The highest BCUT2D eigenvalue weighted by Crippen LogP contribution is 2.24. The molecule has 2 rings (SSSR count). The van der Waals surface area contributed by atoms with Crippen molar-refractivity contribution in [2.45, 2.75) is 38.8 Å². The number of ether oxygens (including phenoxy) is 1. The molecule has 0 amide bonds. The van der Waals surface area contributed by atoms with Gasteiger partial charge < -0.3 is 15.2 Å². The number of aromatic hydroxyl groups is 1. The predicted molar refractivity (Wildman–Crippen MR) is 68.1 cm³/mol. The topological polar surface area (TPSA) is 41.5 Å². The van der Waals surface area contributed by atoms with E-state index in [9.17, 15) is 5.11 Å². The van der Waals surface area contributed by atoms with E-state index in [1.54, 1.807) is 6.07 Å². The monoisotopic (exact) mass is 235 g/mol. The van der Waals surface area contributed by atoms with Gasteiger partial charge in [-0.3, -0.25) is 0 Å². The summed E-state index contributed by atoms with van der Waals surface area (Å²) in [6, 6.07) is 5.68. The lowest BCUT2D eigenvalue weighted by molar-refractivity contribution is 0.0206. The molecule has 94 valence electrons. The Kier molecular flexibility index (Phi) is 3.69. The molecule has 1 aliphatic heterocycles. The Morgan fingerprint density at radius 2 is 2.29 bits per heavy atom. The molecule has 2 N–H and O–H groups in total. The van der Waals surface area contributed by atoms with Gasteiger partial charge in [0.1, 0.15) is 5.75 Å². The fourth-order valence-corrected chi connectivity index (χ4v) is 2.29. The predicted octanol–water partition coefficient (Wildman–Crippen LogP) is 2.36. The highest BCUT2D eigenvalue weighted by Gasteiger charge is 2.28. The highest BCUT2D eigenvalue weighted by molar-refractivity contribution is 5.35. The van der Waals surface area contributed by atoms with E-state index in [2.05, 4.69) is 12.2 Å². The summed E-state index contributed by atoms with van der Waals surface area (Å²) in [5.74, 6) is 0.362. The van der Waals surface area contributed by atoms with Crippen molar-refractivity contribution in [1.29, 1.82) is 0 Å². The highest BCUT2D eigenvalue weighted by atomic mass is 16.5. The summed E-state index contributed by atoms with van der Waals surface area (Å²) in [4.78, 5) is 0. The van der Waals surface area contributed by atoms with Crippen LogP contribution >= 0.6 is 0 Å². The van der Waals surface area contributed by atoms with Crippen LogP contribution in [-0.2, 0) is 11.3 Å². The molecule has 1 unspecified atom stereocenters. The number of phenolic OH excluding ortho intramolecular Hbond substituents is 1. The van der Waals surface area contributed by atoms with Crippen LogP contribution in [0.15, 0.2) is 18.2 Å². The lowest BCUT2D eigenvalue weighted by Crippen LogP contribution is -2.36. The number of rotatable bonds is 4. The molecule has 17 heavy (non-hydrogen) atoms. The Hall–Kier alpha value is -1.06. The summed E-state index contributed by atoms with van der Waals surface area (Å²) >= 11 is 0. The molecule has 1 heterocycles. The number of hydrogen-bond donors (Lipinski definition) is 2. The second kappa shape index (κ2) is 5.07. The van der Waals surface area contributed by atoms with Crippen LogP contribution in [0.5, 0.6) is 5.75 Å². The summed E-state index contributed by atoms with van der Waals surface area (Å²) in [6.07, 6.45) is 2.26. The first-order chi connectivity index (χ1) is 8.09. The van der Waals surface area contributed by atoms with Gasteiger partial charge >= 0.3 is 0 Å². The van der Waals surface area contributed by atoms with Gasteiger partial charge in [-0.1, -0.05) is 17.7 Å². The van der Waals surface area contributed by atoms with E-state index in [0.717, 1.165) is 31.6 Å². The minimum absolute atomic E-state index is 0.0283. The molecular formula is C14H21NO2. The number of benzene rings is 1. The first-order valence-electron chi connectivity index (χ1n) is 6.22. The Bertz CT molecular complexity index is 384. The zero-order valence-electron chi connectivity index (χ0n) is 10.6. The molecule has 0 aromatic heterocycles. The van der Waals surface area contributed by atoms with Crippen LogP contribution in [0.3, 0.4) is 0 Å². The molecule has 0 radical (unpaired) electrons. The zero-order valence-corrected chi connectivity index (χ0v) is 10.6. The second-order valence-corrected chi connectivity index (χ2v) is 5.14. The van der Waals surface area contributed by atoms with Crippen LogP contribution in [0.2, 0.25) is 0 Å². The Morgan fingerprint density at radius 3 is 3.00 bits per heavy atom. The van der Waals surface area contributed by atoms with Crippen molar-refractivity contribution in [2.75, 3.05) is 13.2 Å². The second-order valence-electron chi connectivity index (χ2n) is 5.14. The van der Waals surface area contributed by atoms with Crippen molar-refractivity contribution >= 4 is 0 Å². The van der Waals surface area contributed by atoms with Gasteiger partial charge in [-0.15, -0.1) is 0 Å². The van der Waals surface area contributed by atoms with Gasteiger partial charge in [-0.25, -0.2) is 0 Å². The molecule has 0 bridgehead atoms. The third-order valence-electron chi connectivity index (χ3n) is 3.35. The summed E-state index contributed by atoms with van der Waals surface area (Å²) in [5.41, 5.74) is 2.09. The molecule has 3 nitrogen and oxygen atoms in total. The third kappa shape index (κ3) is 3.20. The molecule has 0 aliphatic carbocycles. The quantitative estimate of drug-likeness (QED) is 0.841. The molecule has 1 saturated heterocycles. The Morgan fingerprint density at radius 1 is 1.47 bits per heavy atom. The fourth-order valence-electron chi connectivity index (χ4n) is 2.29. The first kappa shape index (κ1) is 12.4. The lowest BCUT2D eigenvalue weighted by Gasteiger charge is -2.23. The van der Waals surface area contributed by atoms with E-state index < -0.39 is 0 Å². The smallest absolute Gasteiger partial charge is 0.120 e. The van der Waals surface area contributed by atoms with E-state index in [-0.39, 0.29) is 5.60 Å². The maximum absolute atomic E-state index is 9.72. The van der Waals surface area contributed by atoms with Gasteiger partial charge in [0.2, 0.25) is 0 Å². The molecule has 1 aliphatic rings. The minimum atomic E-state index is -0.0283.